The molecule has 2 heterocycles. The average molecular weight is 300 g/mol. The van der Waals surface area contributed by atoms with Crippen molar-refractivity contribution in [2.45, 2.75) is 44.8 Å². The molecular weight excluding hydrogens is 280 g/mol. The van der Waals surface area contributed by atoms with Crippen molar-refractivity contribution in [3.63, 3.8) is 0 Å². The molecule has 21 heavy (non-hydrogen) atoms. The predicted octanol–water partition coefficient (Wildman–Crippen LogP) is -1.11. The number of aromatic nitrogens is 2. The molecule has 8 heteroatoms. The van der Waals surface area contributed by atoms with Gasteiger partial charge < -0.3 is 19.7 Å². The first kappa shape index (κ1) is 15.9. The Morgan fingerprint density at radius 1 is 1.52 bits per heavy atom. The van der Waals surface area contributed by atoms with Crippen molar-refractivity contribution in [1.82, 2.24) is 9.55 Å². The van der Waals surface area contributed by atoms with Crippen molar-refractivity contribution in [3.8, 4) is 0 Å². The van der Waals surface area contributed by atoms with E-state index in [4.69, 9.17) is 9.47 Å². The van der Waals surface area contributed by atoms with Crippen LogP contribution in [0.1, 0.15) is 25.6 Å². The van der Waals surface area contributed by atoms with Gasteiger partial charge in [-0.1, -0.05) is 0 Å². The fourth-order valence-electron chi connectivity index (χ4n) is 2.37. The molecule has 0 bridgehead atoms. The van der Waals surface area contributed by atoms with Crippen LogP contribution in [0.5, 0.6) is 0 Å². The first-order valence-corrected chi connectivity index (χ1v) is 6.74. The summed E-state index contributed by atoms with van der Waals surface area (Å²) in [5.74, 6) is 0. The lowest BCUT2D eigenvalue weighted by Crippen LogP contribution is -2.47. The number of aliphatic hydroxyl groups is 2. The number of nitrogens with one attached hydrogen (secondary N) is 1. The van der Waals surface area contributed by atoms with Crippen LogP contribution < -0.4 is 11.2 Å². The van der Waals surface area contributed by atoms with E-state index in [1.165, 1.54) is 20.0 Å². The van der Waals surface area contributed by atoms with Crippen LogP contribution in [-0.4, -0.2) is 50.8 Å². The third-order valence-corrected chi connectivity index (χ3v) is 3.64. The van der Waals surface area contributed by atoms with E-state index in [1.54, 1.807) is 6.92 Å². The maximum Gasteiger partial charge on any atom is 0.330 e. The second kappa shape index (κ2) is 5.72. The first-order valence-electron chi connectivity index (χ1n) is 6.74. The van der Waals surface area contributed by atoms with Gasteiger partial charge in [0.25, 0.3) is 5.56 Å². The Bertz CT molecular complexity index is 620. The van der Waals surface area contributed by atoms with Gasteiger partial charge in [0, 0.05) is 18.4 Å². The lowest BCUT2D eigenvalue weighted by molar-refractivity contribution is -0.1000. The van der Waals surface area contributed by atoms with Gasteiger partial charge in [0.15, 0.2) is 6.23 Å². The zero-order valence-corrected chi connectivity index (χ0v) is 12.2. The Morgan fingerprint density at radius 2 is 2.19 bits per heavy atom. The summed E-state index contributed by atoms with van der Waals surface area (Å²) in [4.78, 5) is 25.4. The third-order valence-electron chi connectivity index (χ3n) is 3.64. The van der Waals surface area contributed by atoms with E-state index in [-0.39, 0.29) is 6.61 Å². The Hall–Kier alpha value is -1.48. The van der Waals surface area contributed by atoms with Crippen LogP contribution in [-0.2, 0) is 9.47 Å². The molecule has 0 aliphatic carbocycles. The molecular formula is C13H20N2O6. The third kappa shape index (κ3) is 2.80. The molecule has 3 N–H and O–H groups in total. The van der Waals surface area contributed by atoms with Gasteiger partial charge in [-0.15, -0.1) is 0 Å². The van der Waals surface area contributed by atoms with Crippen LogP contribution in [0.25, 0.3) is 0 Å². The zero-order chi connectivity index (χ0) is 15.8. The summed E-state index contributed by atoms with van der Waals surface area (Å²) in [6, 6.07) is 0. The molecule has 0 spiro atoms. The Labute approximate surface area is 120 Å². The molecule has 1 aliphatic heterocycles. The van der Waals surface area contributed by atoms with Crippen LogP contribution in [0.3, 0.4) is 0 Å². The maximum absolute atomic E-state index is 11.9. The average Bonchev–Trinajstić information content (AvgIpc) is 2.64. The Kier molecular flexibility index (Phi) is 4.33. The van der Waals surface area contributed by atoms with Gasteiger partial charge in [0.2, 0.25) is 0 Å². The highest BCUT2D eigenvalue weighted by Gasteiger charge is 2.53. The fraction of sp³-hybridized carbons (Fsp3) is 0.692. The van der Waals surface area contributed by atoms with Gasteiger partial charge in [-0.2, -0.15) is 0 Å². The molecule has 0 saturated carbocycles. The standard InChI is InChI=1S/C13H20N2O6/c1-4-20-6-8-9(16)13(3,19)11(21-8)15-5-7(2)10(17)14-12(15)18/h5,8-9,11,16,19H,4,6H2,1-3H3,(H,14,17,18). The minimum atomic E-state index is -1.68. The van der Waals surface area contributed by atoms with Crippen LogP contribution >= 0.6 is 0 Å². The van der Waals surface area contributed by atoms with Crippen LogP contribution in [0.2, 0.25) is 0 Å². The number of aliphatic hydroxyl groups excluding tert-OH is 1. The van der Waals surface area contributed by atoms with Gasteiger partial charge in [-0.25, -0.2) is 4.79 Å². The summed E-state index contributed by atoms with van der Waals surface area (Å²) in [5, 5.41) is 20.6. The molecule has 1 fully saturated rings. The Morgan fingerprint density at radius 3 is 2.81 bits per heavy atom. The van der Waals surface area contributed by atoms with Crippen molar-refractivity contribution in [1.29, 1.82) is 0 Å². The summed E-state index contributed by atoms with van der Waals surface area (Å²) in [6.07, 6.45) is -1.78. The molecule has 1 aromatic rings. The number of aromatic amines is 1. The van der Waals surface area contributed by atoms with Crippen molar-refractivity contribution < 1.29 is 19.7 Å². The molecule has 1 saturated heterocycles. The number of aryl methyl sites for hydroxylation is 1. The van der Waals surface area contributed by atoms with E-state index in [0.717, 1.165) is 4.57 Å². The zero-order valence-electron chi connectivity index (χ0n) is 12.2. The highest BCUT2D eigenvalue weighted by Crippen LogP contribution is 2.37. The second-order valence-electron chi connectivity index (χ2n) is 5.34. The van der Waals surface area contributed by atoms with E-state index in [9.17, 15) is 19.8 Å². The summed E-state index contributed by atoms with van der Waals surface area (Å²) in [7, 11) is 0. The molecule has 4 unspecified atom stereocenters. The van der Waals surface area contributed by atoms with Gasteiger partial charge in [-0.05, 0) is 20.8 Å². The number of ether oxygens (including phenoxy) is 2. The van der Waals surface area contributed by atoms with E-state index < -0.39 is 35.3 Å². The van der Waals surface area contributed by atoms with Crippen LogP contribution in [0, 0.1) is 6.92 Å². The lowest BCUT2D eigenvalue weighted by atomic mass is 9.96. The van der Waals surface area contributed by atoms with E-state index in [1.807, 2.05) is 0 Å². The number of hydrogen-bond donors (Lipinski definition) is 3. The van der Waals surface area contributed by atoms with Crippen molar-refractivity contribution in [3.05, 3.63) is 32.6 Å². The van der Waals surface area contributed by atoms with E-state index in [2.05, 4.69) is 4.98 Å². The van der Waals surface area contributed by atoms with Crippen LogP contribution in [0.4, 0.5) is 0 Å². The molecule has 0 amide bonds. The topological polar surface area (TPSA) is 114 Å². The molecule has 1 aromatic heterocycles. The highest BCUT2D eigenvalue weighted by molar-refractivity contribution is 5.05. The van der Waals surface area contributed by atoms with Crippen LogP contribution in [0.15, 0.2) is 15.8 Å². The minimum absolute atomic E-state index is 0.0986. The second-order valence-corrected chi connectivity index (χ2v) is 5.34. The van der Waals surface area contributed by atoms with Crippen molar-refractivity contribution in [2.24, 2.45) is 0 Å². The molecule has 4 atom stereocenters. The summed E-state index contributed by atoms with van der Waals surface area (Å²) >= 11 is 0. The number of nitrogens with zero attached hydrogens (tertiary/aromatic N) is 1. The number of rotatable bonds is 4. The van der Waals surface area contributed by atoms with Gasteiger partial charge in [-0.3, -0.25) is 14.3 Å². The maximum atomic E-state index is 11.9. The lowest BCUT2D eigenvalue weighted by Gasteiger charge is -2.27. The summed E-state index contributed by atoms with van der Waals surface area (Å²) < 4.78 is 11.8. The van der Waals surface area contributed by atoms with Gasteiger partial charge in [0.1, 0.15) is 17.8 Å². The molecule has 118 valence electrons. The molecule has 1 aliphatic rings. The smallest absolute Gasteiger partial charge is 0.330 e. The Balaban J connectivity index is 2.38. The minimum Gasteiger partial charge on any atom is -0.387 e. The molecule has 2 rings (SSSR count). The molecule has 0 radical (unpaired) electrons. The SMILES string of the molecule is CCOCC1OC(n2cc(C)c(=O)[nH]c2=O)C(C)(O)C1O. The number of H-pyrrole nitrogens is 1. The largest absolute Gasteiger partial charge is 0.387 e. The summed E-state index contributed by atoms with van der Waals surface area (Å²) in [6.45, 7) is 5.25. The summed E-state index contributed by atoms with van der Waals surface area (Å²) in [5.41, 5.74) is -2.59. The monoisotopic (exact) mass is 300 g/mol. The van der Waals surface area contributed by atoms with E-state index >= 15 is 0 Å². The highest BCUT2D eigenvalue weighted by atomic mass is 16.6. The number of hydrogen-bond acceptors (Lipinski definition) is 6. The van der Waals surface area contributed by atoms with Crippen molar-refractivity contribution in [2.75, 3.05) is 13.2 Å². The molecule has 8 nitrogen and oxygen atoms in total. The molecule has 0 aromatic carbocycles. The first-order chi connectivity index (χ1) is 9.78. The predicted molar refractivity (Wildman–Crippen MR) is 73.1 cm³/mol. The normalized spacial score (nSPS) is 32.5. The fourth-order valence-corrected chi connectivity index (χ4v) is 2.37. The van der Waals surface area contributed by atoms with Crippen molar-refractivity contribution >= 4 is 0 Å². The van der Waals surface area contributed by atoms with Gasteiger partial charge >= 0.3 is 5.69 Å². The van der Waals surface area contributed by atoms with E-state index in [0.29, 0.717) is 12.2 Å². The van der Waals surface area contributed by atoms with Gasteiger partial charge in [0.05, 0.1) is 6.61 Å². The quantitative estimate of drug-likeness (QED) is 0.650.